The molecule has 6 nitrogen and oxygen atoms in total. The number of anilines is 2. The predicted molar refractivity (Wildman–Crippen MR) is 102 cm³/mol. The van der Waals surface area contributed by atoms with Gasteiger partial charge in [-0.1, -0.05) is 0 Å². The van der Waals surface area contributed by atoms with E-state index in [0.29, 0.717) is 17.4 Å². The monoisotopic (exact) mass is 372 g/mol. The Morgan fingerprint density at radius 2 is 1.96 bits per heavy atom. The summed E-state index contributed by atoms with van der Waals surface area (Å²) < 4.78 is 14.2. The van der Waals surface area contributed by atoms with Crippen LogP contribution in [0.2, 0.25) is 0 Å². The summed E-state index contributed by atoms with van der Waals surface area (Å²) in [5.74, 6) is 1.59. The van der Waals surface area contributed by atoms with Crippen LogP contribution in [0.15, 0.2) is 24.1 Å². The van der Waals surface area contributed by atoms with E-state index in [2.05, 4.69) is 36.3 Å². The summed E-state index contributed by atoms with van der Waals surface area (Å²) in [6.07, 6.45) is 5.17. The minimum absolute atomic E-state index is 0.326. The highest BCUT2D eigenvalue weighted by atomic mass is 32.1. The third kappa shape index (κ3) is 3.21. The van der Waals surface area contributed by atoms with E-state index in [-0.39, 0.29) is 5.82 Å². The van der Waals surface area contributed by atoms with E-state index in [1.807, 2.05) is 11.9 Å². The van der Waals surface area contributed by atoms with Gasteiger partial charge in [0, 0.05) is 26.7 Å². The van der Waals surface area contributed by atoms with Crippen molar-refractivity contribution in [3.8, 4) is 0 Å². The lowest BCUT2D eigenvalue weighted by molar-refractivity contribution is 0.405. The zero-order chi connectivity index (χ0) is 18.1. The van der Waals surface area contributed by atoms with Gasteiger partial charge in [-0.05, 0) is 37.1 Å². The highest BCUT2D eigenvalue weighted by Gasteiger charge is 2.24. The lowest BCUT2D eigenvalue weighted by atomic mass is 9.96. The second-order valence-electron chi connectivity index (χ2n) is 6.74. The molecule has 0 N–H and O–H groups in total. The van der Waals surface area contributed by atoms with Crippen LogP contribution in [-0.4, -0.2) is 46.6 Å². The molecule has 1 saturated heterocycles. The Morgan fingerprint density at radius 1 is 1.19 bits per heavy atom. The van der Waals surface area contributed by atoms with Crippen LogP contribution in [0.25, 0.3) is 10.2 Å². The molecule has 0 spiro atoms. The highest BCUT2D eigenvalue weighted by molar-refractivity contribution is 7.16. The van der Waals surface area contributed by atoms with E-state index in [4.69, 9.17) is 0 Å². The van der Waals surface area contributed by atoms with Gasteiger partial charge in [0.15, 0.2) is 11.6 Å². The summed E-state index contributed by atoms with van der Waals surface area (Å²) in [6.45, 7) is 4.36. The van der Waals surface area contributed by atoms with E-state index >= 15 is 0 Å². The molecule has 0 saturated carbocycles. The van der Waals surface area contributed by atoms with Gasteiger partial charge in [0.25, 0.3) is 0 Å². The SMILES string of the molecule is Cc1ncnc(N(C)CC2CCN(c3ncnc4sccc34)CC2)c1F. The molecule has 4 heterocycles. The van der Waals surface area contributed by atoms with Crippen LogP contribution in [0.3, 0.4) is 0 Å². The number of rotatable bonds is 4. The Kier molecular flexibility index (Phi) is 4.67. The van der Waals surface area contributed by atoms with Gasteiger partial charge in [-0.15, -0.1) is 11.3 Å². The van der Waals surface area contributed by atoms with Crippen LogP contribution >= 0.6 is 11.3 Å². The van der Waals surface area contributed by atoms with E-state index in [1.165, 1.54) is 6.33 Å². The number of fused-ring (bicyclic) bond motifs is 1. The Labute approximate surface area is 155 Å². The van der Waals surface area contributed by atoms with Crippen LogP contribution in [0.1, 0.15) is 18.5 Å². The van der Waals surface area contributed by atoms with Crippen molar-refractivity contribution in [3.63, 3.8) is 0 Å². The second kappa shape index (κ2) is 7.11. The van der Waals surface area contributed by atoms with Crippen LogP contribution in [-0.2, 0) is 0 Å². The molecule has 0 radical (unpaired) electrons. The third-order valence-electron chi connectivity index (χ3n) is 4.99. The van der Waals surface area contributed by atoms with Crippen molar-refractivity contribution in [1.29, 1.82) is 0 Å². The minimum Gasteiger partial charge on any atom is -0.357 e. The summed E-state index contributed by atoms with van der Waals surface area (Å²) >= 11 is 1.64. The van der Waals surface area contributed by atoms with Crippen LogP contribution in [0.5, 0.6) is 0 Å². The summed E-state index contributed by atoms with van der Waals surface area (Å²) in [5, 5.41) is 3.19. The normalized spacial score (nSPS) is 15.6. The van der Waals surface area contributed by atoms with Gasteiger partial charge in [0.1, 0.15) is 23.3 Å². The molecular formula is C18H21FN6S. The lowest BCUT2D eigenvalue weighted by Crippen LogP contribution is -2.38. The molecule has 26 heavy (non-hydrogen) atoms. The van der Waals surface area contributed by atoms with E-state index < -0.39 is 0 Å². The van der Waals surface area contributed by atoms with Crippen molar-refractivity contribution in [2.45, 2.75) is 19.8 Å². The summed E-state index contributed by atoms with van der Waals surface area (Å²) in [6, 6.07) is 2.09. The third-order valence-corrected chi connectivity index (χ3v) is 5.81. The molecule has 1 aliphatic heterocycles. The minimum atomic E-state index is -0.326. The molecule has 0 aromatic carbocycles. The average molecular weight is 372 g/mol. The first kappa shape index (κ1) is 17.1. The molecule has 8 heteroatoms. The van der Waals surface area contributed by atoms with Gasteiger partial charge in [-0.3, -0.25) is 0 Å². The molecular weight excluding hydrogens is 351 g/mol. The first-order chi connectivity index (χ1) is 12.6. The van der Waals surface area contributed by atoms with Gasteiger partial charge in [0.05, 0.1) is 11.1 Å². The van der Waals surface area contributed by atoms with Gasteiger partial charge in [-0.2, -0.15) is 0 Å². The maximum absolute atomic E-state index is 14.2. The molecule has 0 amide bonds. The zero-order valence-electron chi connectivity index (χ0n) is 14.9. The highest BCUT2D eigenvalue weighted by Crippen LogP contribution is 2.30. The molecule has 0 atom stereocenters. The summed E-state index contributed by atoms with van der Waals surface area (Å²) in [5.41, 5.74) is 0.389. The van der Waals surface area contributed by atoms with Gasteiger partial charge in [-0.25, -0.2) is 24.3 Å². The Bertz CT molecular complexity index is 906. The van der Waals surface area contributed by atoms with Gasteiger partial charge < -0.3 is 9.80 Å². The topological polar surface area (TPSA) is 58.0 Å². The number of piperidine rings is 1. The van der Waals surface area contributed by atoms with Crippen molar-refractivity contribution in [2.24, 2.45) is 5.92 Å². The number of hydrogen-bond acceptors (Lipinski definition) is 7. The number of aryl methyl sites for hydroxylation is 1. The van der Waals surface area contributed by atoms with Crippen LogP contribution in [0, 0.1) is 18.7 Å². The molecule has 1 fully saturated rings. The fourth-order valence-corrected chi connectivity index (χ4v) is 4.27. The maximum Gasteiger partial charge on any atom is 0.186 e. The van der Waals surface area contributed by atoms with Crippen molar-refractivity contribution in [3.05, 3.63) is 35.6 Å². The smallest absolute Gasteiger partial charge is 0.186 e. The number of hydrogen-bond donors (Lipinski definition) is 0. The Balaban J connectivity index is 1.41. The fraction of sp³-hybridized carbons (Fsp3) is 0.444. The molecule has 1 aliphatic rings. The zero-order valence-corrected chi connectivity index (χ0v) is 15.7. The standard InChI is InChI=1S/C18H21FN6S/c1-12-15(19)17(22-10-20-12)24(2)9-13-3-6-25(7-4-13)16-14-5-8-26-18(14)23-11-21-16/h5,8,10-11,13H,3-4,6-7,9H2,1-2H3. The molecule has 3 aromatic rings. The largest absolute Gasteiger partial charge is 0.357 e. The van der Waals surface area contributed by atoms with Crippen molar-refractivity contribution < 1.29 is 4.39 Å². The van der Waals surface area contributed by atoms with Crippen molar-refractivity contribution in [1.82, 2.24) is 19.9 Å². The Morgan fingerprint density at radius 3 is 2.77 bits per heavy atom. The van der Waals surface area contributed by atoms with Gasteiger partial charge in [0.2, 0.25) is 0 Å². The van der Waals surface area contributed by atoms with Crippen LogP contribution in [0.4, 0.5) is 16.0 Å². The van der Waals surface area contributed by atoms with E-state index in [0.717, 1.165) is 48.5 Å². The molecule has 0 bridgehead atoms. The molecule has 136 valence electrons. The summed E-state index contributed by atoms with van der Waals surface area (Å²) in [7, 11) is 1.90. The summed E-state index contributed by atoms with van der Waals surface area (Å²) in [4.78, 5) is 22.1. The Hall–Kier alpha value is -2.35. The number of aromatic nitrogens is 4. The van der Waals surface area contributed by atoms with E-state index in [9.17, 15) is 4.39 Å². The molecule has 0 aliphatic carbocycles. The molecule has 3 aromatic heterocycles. The molecule has 4 rings (SSSR count). The average Bonchev–Trinajstić information content (AvgIpc) is 3.13. The maximum atomic E-state index is 14.2. The predicted octanol–water partition coefficient (Wildman–Crippen LogP) is 3.28. The second-order valence-corrected chi connectivity index (χ2v) is 7.64. The molecule has 0 unspecified atom stereocenters. The number of nitrogens with zero attached hydrogens (tertiary/aromatic N) is 6. The lowest BCUT2D eigenvalue weighted by Gasteiger charge is -2.35. The quantitative estimate of drug-likeness (QED) is 0.700. The van der Waals surface area contributed by atoms with Crippen LogP contribution < -0.4 is 9.80 Å². The first-order valence-electron chi connectivity index (χ1n) is 8.75. The number of halogens is 1. The van der Waals surface area contributed by atoms with E-state index in [1.54, 1.807) is 24.6 Å². The number of thiophene rings is 1. The fourth-order valence-electron chi connectivity index (χ4n) is 3.54. The van der Waals surface area contributed by atoms with Gasteiger partial charge >= 0.3 is 0 Å². The van der Waals surface area contributed by atoms with Crippen molar-refractivity contribution >= 4 is 33.2 Å². The first-order valence-corrected chi connectivity index (χ1v) is 9.63. The van der Waals surface area contributed by atoms with Crippen molar-refractivity contribution in [2.75, 3.05) is 36.5 Å².